The molecule has 117 valence electrons. The minimum atomic E-state index is -4.65. The fourth-order valence-corrected chi connectivity index (χ4v) is 2.86. The SMILES string of the molecule is Cc1cccc(Sc2[c]ccc(-c3noc(C(F)(F)F)n3)c2)c1. The van der Waals surface area contributed by atoms with Crippen molar-refractivity contribution in [1.29, 1.82) is 0 Å². The van der Waals surface area contributed by atoms with Gasteiger partial charge in [0.2, 0.25) is 5.82 Å². The molecule has 0 atom stereocenters. The summed E-state index contributed by atoms with van der Waals surface area (Å²) in [5, 5.41) is 3.39. The zero-order valence-corrected chi connectivity index (χ0v) is 12.7. The summed E-state index contributed by atoms with van der Waals surface area (Å²) in [6, 6.07) is 15.8. The lowest BCUT2D eigenvalue weighted by Crippen LogP contribution is -2.04. The van der Waals surface area contributed by atoms with Gasteiger partial charge >= 0.3 is 12.1 Å². The van der Waals surface area contributed by atoms with Gasteiger partial charge in [-0.05, 0) is 31.2 Å². The van der Waals surface area contributed by atoms with Crippen molar-refractivity contribution >= 4 is 11.8 Å². The molecule has 0 N–H and O–H groups in total. The van der Waals surface area contributed by atoms with Gasteiger partial charge in [-0.3, -0.25) is 0 Å². The summed E-state index contributed by atoms with van der Waals surface area (Å²) in [4.78, 5) is 5.16. The Hall–Kier alpha value is -2.28. The Bertz CT molecular complexity index is 830. The van der Waals surface area contributed by atoms with Crippen LogP contribution in [0.25, 0.3) is 11.4 Å². The summed E-state index contributed by atoms with van der Waals surface area (Å²) in [7, 11) is 0. The van der Waals surface area contributed by atoms with E-state index in [0.29, 0.717) is 5.56 Å². The molecule has 2 aromatic carbocycles. The number of rotatable bonds is 3. The van der Waals surface area contributed by atoms with Crippen LogP contribution in [0.2, 0.25) is 0 Å². The Kier molecular flexibility index (Phi) is 4.12. The smallest absolute Gasteiger partial charge is 0.329 e. The number of hydrogen-bond donors (Lipinski definition) is 0. The van der Waals surface area contributed by atoms with Gasteiger partial charge in [-0.1, -0.05) is 46.7 Å². The van der Waals surface area contributed by atoms with E-state index in [-0.39, 0.29) is 5.82 Å². The van der Waals surface area contributed by atoms with Gasteiger partial charge in [0.15, 0.2) is 0 Å². The molecule has 0 aliphatic rings. The minimum Gasteiger partial charge on any atom is -0.329 e. The van der Waals surface area contributed by atoms with Crippen LogP contribution >= 0.6 is 11.8 Å². The molecule has 0 saturated heterocycles. The highest BCUT2D eigenvalue weighted by Crippen LogP contribution is 2.32. The van der Waals surface area contributed by atoms with E-state index in [1.807, 2.05) is 31.2 Å². The zero-order valence-electron chi connectivity index (χ0n) is 11.9. The number of aromatic nitrogens is 2. The largest absolute Gasteiger partial charge is 0.471 e. The van der Waals surface area contributed by atoms with Crippen molar-refractivity contribution < 1.29 is 17.7 Å². The molecule has 0 bridgehead atoms. The number of halogens is 3. The summed E-state index contributed by atoms with van der Waals surface area (Å²) in [5.74, 6) is -1.45. The maximum absolute atomic E-state index is 12.5. The summed E-state index contributed by atoms with van der Waals surface area (Å²) >= 11 is 1.46. The molecule has 3 rings (SSSR count). The first kappa shape index (κ1) is 15.6. The highest BCUT2D eigenvalue weighted by Gasteiger charge is 2.38. The number of alkyl halides is 3. The van der Waals surface area contributed by atoms with Gasteiger partial charge in [0.1, 0.15) is 0 Å². The Morgan fingerprint density at radius 1 is 1.17 bits per heavy atom. The third-order valence-corrected chi connectivity index (χ3v) is 3.86. The maximum Gasteiger partial charge on any atom is 0.471 e. The summed E-state index contributed by atoms with van der Waals surface area (Å²) < 4.78 is 41.8. The van der Waals surface area contributed by atoms with Crippen LogP contribution < -0.4 is 0 Å². The molecule has 0 aliphatic heterocycles. The van der Waals surface area contributed by atoms with Crippen LogP contribution in [-0.2, 0) is 6.18 Å². The van der Waals surface area contributed by atoms with E-state index in [0.717, 1.165) is 15.4 Å². The Labute approximate surface area is 134 Å². The van der Waals surface area contributed by atoms with E-state index in [9.17, 15) is 13.2 Å². The molecule has 0 unspecified atom stereocenters. The topological polar surface area (TPSA) is 38.9 Å². The number of hydrogen-bond acceptors (Lipinski definition) is 4. The molecule has 0 spiro atoms. The van der Waals surface area contributed by atoms with E-state index in [1.165, 1.54) is 11.8 Å². The number of benzene rings is 2. The second-order valence-corrected chi connectivity index (χ2v) is 5.90. The van der Waals surface area contributed by atoms with Crippen molar-refractivity contribution in [3.63, 3.8) is 0 Å². The van der Waals surface area contributed by atoms with Gasteiger partial charge in [0.25, 0.3) is 0 Å². The van der Waals surface area contributed by atoms with Crippen molar-refractivity contribution in [3.05, 3.63) is 60.0 Å². The predicted molar refractivity (Wildman–Crippen MR) is 78.9 cm³/mol. The van der Waals surface area contributed by atoms with Gasteiger partial charge in [-0.2, -0.15) is 18.2 Å². The molecular formula is C16H10F3N2OS. The van der Waals surface area contributed by atoms with Crippen LogP contribution in [0.15, 0.2) is 56.8 Å². The van der Waals surface area contributed by atoms with Crippen molar-refractivity contribution in [2.45, 2.75) is 22.9 Å². The third kappa shape index (κ3) is 3.73. The lowest BCUT2D eigenvalue weighted by atomic mass is 10.2. The lowest BCUT2D eigenvalue weighted by Gasteiger charge is -2.03. The lowest BCUT2D eigenvalue weighted by molar-refractivity contribution is -0.159. The van der Waals surface area contributed by atoms with Crippen molar-refractivity contribution in [2.75, 3.05) is 0 Å². The fraction of sp³-hybridized carbons (Fsp3) is 0.125. The normalized spacial score (nSPS) is 11.7. The van der Waals surface area contributed by atoms with Crippen molar-refractivity contribution in [2.24, 2.45) is 0 Å². The van der Waals surface area contributed by atoms with Gasteiger partial charge in [-0.25, -0.2) is 0 Å². The molecule has 1 aromatic heterocycles. The molecule has 7 heteroatoms. The average Bonchev–Trinajstić information content (AvgIpc) is 2.97. The Balaban J connectivity index is 1.86. The van der Waals surface area contributed by atoms with E-state index in [1.54, 1.807) is 18.2 Å². The first-order chi connectivity index (χ1) is 10.9. The number of nitrogens with zero attached hydrogens (tertiary/aromatic N) is 2. The molecule has 0 saturated carbocycles. The van der Waals surface area contributed by atoms with Crippen LogP contribution in [-0.4, -0.2) is 10.1 Å². The molecule has 0 amide bonds. The standard InChI is InChI=1S/C16H10F3N2OS/c1-10-4-2-6-12(8-10)23-13-7-3-5-11(9-13)14-20-15(22-21-14)16(17,18)19/h2-6,8-9H,1H3. The first-order valence-electron chi connectivity index (χ1n) is 6.59. The quantitative estimate of drug-likeness (QED) is 0.674. The Morgan fingerprint density at radius 2 is 2.00 bits per heavy atom. The van der Waals surface area contributed by atoms with Crippen LogP contribution in [0.5, 0.6) is 0 Å². The first-order valence-corrected chi connectivity index (χ1v) is 7.41. The molecular weight excluding hydrogens is 325 g/mol. The van der Waals surface area contributed by atoms with Crippen LogP contribution in [0.1, 0.15) is 11.5 Å². The number of aryl methyl sites for hydroxylation is 1. The van der Waals surface area contributed by atoms with Gasteiger partial charge < -0.3 is 4.52 Å². The summed E-state index contributed by atoms with van der Waals surface area (Å²) in [6.45, 7) is 1.99. The molecule has 3 aromatic rings. The van der Waals surface area contributed by atoms with Gasteiger partial charge in [0.05, 0.1) is 0 Å². The van der Waals surface area contributed by atoms with E-state index < -0.39 is 12.1 Å². The summed E-state index contributed by atoms with van der Waals surface area (Å²) in [6.07, 6.45) is -4.65. The zero-order chi connectivity index (χ0) is 16.4. The second kappa shape index (κ2) is 6.08. The molecule has 1 heterocycles. The predicted octanol–water partition coefficient (Wildman–Crippen LogP) is 5.02. The monoisotopic (exact) mass is 335 g/mol. The molecule has 0 aliphatic carbocycles. The van der Waals surface area contributed by atoms with Crippen LogP contribution in [0.3, 0.4) is 0 Å². The van der Waals surface area contributed by atoms with Crippen molar-refractivity contribution in [1.82, 2.24) is 10.1 Å². The Morgan fingerprint density at radius 3 is 2.70 bits per heavy atom. The van der Waals surface area contributed by atoms with Gasteiger partial charge in [0, 0.05) is 15.4 Å². The van der Waals surface area contributed by atoms with Crippen molar-refractivity contribution in [3.8, 4) is 11.4 Å². The second-order valence-electron chi connectivity index (χ2n) is 4.78. The third-order valence-electron chi connectivity index (χ3n) is 2.92. The van der Waals surface area contributed by atoms with E-state index in [4.69, 9.17) is 0 Å². The molecule has 23 heavy (non-hydrogen) atoms. The van der Waals surface area contributed by atoms with Crippen LogP contribution in [0, 0.1) is 13.0 Å². The highest BCUT2D eigenvalue weighted by atomic mass is 32.2. The van der Waals surface area contributed by atoms with Gasteiger partial charge in [-0.15, -0.1) is 0 Å². The van der Waals surface area contributed by atoms with Crippen LogP contribution in [0.4, 0.5) is 13.2 Å². The minimum absolute atomic E-state index is 0.0996. The van der Waals surface area contributed by atoms with E-state index in [2.05, 4.69) is 20.7 Å². The fourth-order valence-electron chi connectivity index (χ4n) is 1.90. The molecule has 1 radical (unpaired) electrons. The molecule has 0 fully saturated rings. The summed E-state index contributed by atoms with van der Waals surface area (Å²) in [5.41, 5.74) is 1.57. The molecule has 3 nitrogen and oxygen atoms in total. The van der Waals surface area contributed by atoms with E-state index >= 15 is 0 Å². The highest BCUT2D eigenvalue weighted by molar-refractivity contribution is 7.99. The average molecular weight is 335 g/mol. The maximum atomic E-state index is 12.5.